The molecule has 1 aromatic heterocycles. The maximum atomic E-state index is 5.66. The van der Waals surface area contributed by atoms with Crippen molar-refractivity contribution in [3.63, 3.8) is 0 Å². The lowest BCUT2D eigenvalue weighted by molar-refractivity contribution is -0.0838. The summed E-state index contributed by atoms with van der Waals surface area (Å²) < 4.78 is 16.3. The molecule has 7 heteroatoms. The van der Waals surface area contributed by atoms with E-state index in [4.69, 9.17) is 14.2 Å². The molecule has 2 heterocycles. The van der Waals surface area contributed by atoms with E-state index < -0.39 is 0 Å². The standard InChI is InChI=1S/C16H20N4O3/c1-20(10-14-11-22-6-7-23-14)16-18-15(9-17-19-16)12-4-3-5-13(8-12)21-2/h3-5,8-9,14H,6-7,10-11H2,1-2H3/t14-/m1/s1. The van der Waals surface area contributed by atoms with Crippen LogP contribution in [-0.4, -0.2) is 61.8 Å². The summed E-state index contributed by atoms with van der Waals surface area (Å²) in [4.78, 5) is 6.51. The molecule has 0 N–H and O–H groups in total. The molecule has 1 atom stereocenters. The largest absolute Gasteiger partial charge is 0.497 e. The number of benzene rings is 1. The fourth-order valence-electron chi connectivity index (χ4n) is 2.41. The molecule has 1 fully saturated rings. The van der Waals surface area contributed by atoms with E-state index in [9.17, 15) is 0 Å². The van der Waals surface area contributed by atoms with Gasteiger partial charge in [-0.15, -0.1) is 5.10 Å². The van der Waals surface area contributed by atoms with Crippen LogP contribution in [0.2, 0.25) is 0 Å². The number of likely N-dealkylation sites (N-methyl/N-ethyl adjacent to an activating group) is 1. The van der Waals surface area contributed by atoms with Gasteiger partial charge in [-0.25, -0.2) is 4.98 Å². The first-order valence-electron chi connectivity index (χ1n) is 7.51. The average Bonchev–Trinajstić information content (AvgIpc) is 2.63. The second-order valence-corrected chi connectivity index (χ2v) is 5.32. The summed E-state index contributed by atoms with van der Waals surface area (Å²) in [5.41, 5.74) is 1.69. The molecule has 1 aliphatic rings. The zero-order chi connectivity index (χ0) is 16.1. The minimum atomic E-state index is 0.0258. The molecule has 0 radical (unpaired) electrons. The number of ether oxygens (including phenoxy) is 3. The normalized spacial score (nSPS) is 17.7. The maximum Gasteiger partial charge on any atom is 0.245 e. The Balaban J connectivity index is 1.75. The number of anilines is 1. The maximum absolute atomic E-state index is 5.66. The summed E-state index contributed by atoms with van der Waals surface area (Å²) in [5, 5.41) is 8.17. The molecule has 0 amide bonds. The highest BCUT2D eigenvalue weighted by molar-refractivity contribution is 5.61. The van der Waals surface area contributed by atoms with Crippen molar-refractivity contribution in [2.45, 2.75) is 6.10 Å². The van der Waals surface area contributed by atoms with Crippen LogP contribution in [-0.2, 0) is 9.47 Å². The predicted molar refractivity (Wildman–Crippen MR) is 85.6 cm³/mol. The van der Waals surface area contributed by atoms with Crippen LogP contribution in [0.15, 0.2) is 30.5 Å². The van der Waals surface area contributed by atoms with Gasteiger partial charge in [-0.1, -0.05) is 12.1 Å². The van der Waals surface area contributed by atoms with Crippen LogP contribution in [0.1, 0.15) is 0 Å². The first kappa shape index (κ1) is 15.6. The molecular weight excluding hydrogens is 296 g/mol. The zero-order valence-electron chi connectivity index (χ0n) is 13.3. The van der Waals surface area contributed by atoms with Crippen LogP contribution in [0.25, 0.3) is 11.3 Å². The molecule has 1 aliphatic heterocycles. The van der Waals surface area contributed by atoms with Crippen molar-refractivity contribution < 1.29 is 14.2 Å². The molecule has 0 bridgehead atoms. The van der Waals surface area contributed by atoms with Gasteiger partial charge in [0.1, 0.15) is 5.75 Å². The Kier molecular flexibility index (Phi) is 4.99. The number of rotatable bonds is 5. The molecule has 1 aromatic carbocycles. The van der Waals surface area contributed by atoms with Crippen LogP contribution in [0.5, 0.6) is 5.75 Å². The van der Waals surface area contributed by atoms with Gasteiger partial charge >= 0.3 is 0 Å². The molecule has 0 unspecified atom stereocenters. The molecular formula is C16H20N4O3. The highest BCUT2D eigenvalue weighted by Crippen LogP contribution is 2.22. The van der Waals surface area contributed by atoms with Gasteiger partial charge in [0.15, 0.2) is 0 Å². The summed E-state index contributed by atoms with van der Waals surface area (Å²) in [7, 11) is 3.56. The van der Waals surface area contributed by atoms with E-state index >= 15 is 0 Å². The zero-order valence-corrected chi connectivity index (χ0v) is 13.3. The average molecular weight is 316 g/mol. The van der Waals surface area contributed by atoms with Crippen molar-refractivity contribution >= 4 is 5.95 Å². The fourth-order valence-corrected chi connectivity index (χ4v) is 2.41. The van der Waals surface area contributed by atoms with Crippen LogP contribution in [0.4, 0.5) is 5.95 Å². The van der Waals surface area contributed by atoms with Crippen LogP contribution >= 0.6 is 0 Å². The van der Waals surface area contributed by atoms with Gasteiger partial charge in [-0.3, -0.25) is 0 Å². The third-order valence-electron chi connectivity index (χ3n) is 3.62. The van der Waals surface area contributed by atoms with E-state index in [0.29, 0.717) is 32.3 Å². The van der Waals surface area contributed by atoms with Gasteiger partial charge in [0.25, 0.3) is 0 Å². The number of methoxy groups -OCH3 is 1. The Labute approximate surface area is 135 Å². The summed E-state index contributed by atoms with van der Waals surface area (Å²) in [6, 6.07) is 7.71. The van der Waals surface area contributed by atoms with E-state index in [1.807, 2.05) is 36.2 Å². The quantitative estimate of drug-likeness (QED) is 0.825. The topological polar surface area (TPSA) is 69.6 Å². The van der Waals surface area contributed by atoms with Crippen molar-refractivity contribution in [1.29, 1.82) is 0 Å². The fraction of sp³-hybridized carbons (Fsp3) is 0.438. The Morgan fingerprint density at radius 3 is 3.04 bits per heavy atom. The first-order valence-corrected chi connectivity index (χ1v) is 7.51. The molecule has 7 nitrogen and oxygen atoms in total. The van der Waals surface area contributed by atoms with Gasteiger partial charge in [-0.2, -0.15) is 5.10 Å². The first-order chi connectivity index (χ1) is 11.3. The minimum Gasteiger partial charge on any atom is -0.497 e. The predicted octanol–water partition coefficient (Wildman–Crippen LogP) is 1.40. The highest BCUT2D eigenvalue weighted by atomic mass is 16.6. The number of aromatic nitrogens is 3. The smallest absolute Gasteiger partial charge is 0.245 e. The van der Waals surface area contributed by atoms with Crippen LogP contribution < -0.4 is 9.64 Å². The molecule has 122 valence electrons. The Bertz CT molecular complexity index is 647. The second-order valence-electron chi connectivity index (χ2n) is 5.32. The van der Waals surface area contributed by atoms with E-state index in [0.717, 1.165) is 17.0 Å². The Hall–Kier alpha value is -2.25. The molecule has 1 saturated heterocycles. The molecule has 0 spiro atoms. The van der Waals surface area contributed by atoms with E-state index in [2.05, 4.69) is 15.2 Å². The molecule has 0 aliphatic carbocycles. The lowest BCUT2D eigenvalue weighted by atomic mass is 10.1. The number of hydrogen-bond acceptors (Lipinski definition) is 7. The van der Waals surface area contributed by atoms with Crippen molar-refractivity contribution in [2.75, 3.05) is 45.4 Å². The Morgan fingerprint density at radius 2 is 2.26 bits per heavy atom. The van der Waals surface area contributed by atoms with Gasteiger partial charge < -0.3 is 19.1 Å². The number of nitrogens with zero attached hydrogens (tertiary/aromatic N) is 4. The summed E-state index contributed by atoms with van der Waals surface area (Å²) >= 11 is 0. The van der Waals surface area contributed by atoms with Crippen molar-refractivity contribution in [1.82, 2.24) is 15.2 Å². The van der Waals surface area contributed by atoms with Crippen molar-refractivity contribution in [3.05, 3.63) is 30.5 Å². The van der Waals surface area contributed by atoms with Crippen molar-refractivity contribution in [2.24, 2.45) is 0 Å². The molecule has 3 rings (SSSR count). The highest BCUT2D eigenvalue weighted by Gasteiger charge is 2.18. The van der Waals surface area contributed by atoms with E-state index in [1.165, 1.54) is 0 Å². The minimum absolute atomic E-state index is 0.0258. The monoisotopic (exact) mass is 316 g/mol. The third-order valence-corrected chi connectivity index (χ3v) is 3.62. The summed E-state index contributed by atoms with van der Waals surface area (Å²) in [6.45, 7) is 2.53. The molecule has 23 heavy (non-hydrogen) atoms. The summed E-state index contributed by atoms with van der Waals surface area (Å²) in [6.07, 6.45) is 1.67. The van der Waals surface area contributed by atoms with E-state index in [-0.39, 0.29) is 6.10 Å². The van der Waals surface area contributed by atoms with E-state index in [1.54, 1.807) is 13.3 Å². The van der Waals surface area contributed by atoms with Crippen molar-refractivity contribution in [3.8, 4) is 17.0 Å². The molecule has 2 aromatic rings. The number of hydrogen-bond donors (Lipinski definition) is 0. The lowest BCUT2D eigenvalue weighted by Gasteiger charge is -2.27. The second kappa shape index (κ2) is 7.34. The van der Waals surface area contributed by atoms with Crippen LogP contribution in [0, 0.1) is 0 Å². The Morgan fingerprint density at radius 1 is 1.35 bits per heavy atom. The van der Waals surface area contributed by atoms with Gasteiger partial charge in [0, 0.05) is 19.2 Å². The van der Waals surface area contributed by atoms with Crippen LogP contribution in [0.3, 0.4) is 0 Å². The summed E-state index contributed by atoms with van der Waals surface area (Å²) in [5.74, 6) is 1.34. The van der Waals surface area contributed by atoms with Gasteiger partial charge in [-0.05, 0) is 12.1 Å². The lowest BCUT2D eigenvalue weighted by Crippen LogP contribution is -2.39. The SMILES string of the molecule is COc1cccc(-c2cnnc(N(C)C[C@@H]3COCCO3)n2)c1. The van der Waals surface area contributed by atoms with Gasteiger partial charge in [0.05, 0.1) is 44.9 Å². The molecule has 0 saturated carbocycles. The third kappa shape index (κ3) is 3.94. The van der Waals surface area contributed by atoms with Gasteiger partial charge in [0.2, 0.25) is 5.95 Å².